The molecule has 0 atom stereocenters. The summed E-state index contributed by atoms with van der Waals surface area (Å²) >= 11 is 0. The van der Waals surface area contributed by atoms with Gasteiger partial charge in [0, 0.05) is 35.6 Å². The normalized spacial score (nSPS) is 11.1. The first kappa shape index (κ1) is 22.3. The number of benzene rings is 1. The van der Waals surface area contributed by atoms with Crippen LogP contribution in [-0.4, -0.2) is 30.9 Å². The van der Waals surface area contributed by atoms with Crippen LogP contribution < -0.4 is 5.32 Å². The van der Waals surface area contributed by atoms with Crippen LogP contribution in [0.25, 0.3) is 22.5 Å². The van der Waals surface area contributed by atoms with Crippen LogP contribution in [0.15, 0.2) is 60.9 Å². The van der Waals surface area contributed by atoms with E-state index in [2.05, 4.69) is 45.5 Å². The van der Waals surface area contributed by atoms with Crippen molar-refractivity contribution in [1.82, 2.24) is 30.3 Å². The molecule has 3 aromatic heterocycles. The Morgan fingerprint density at radius 2 is 1.82 bits per heavy atom. The maximum atomic E-state index is 13.1. The van der Waals surface area contributed by atoms with E-state index in [1.807, 2.05) is 67.2 Å². The van der Waals surface area contributed by atoms with Gasteiger partial charge in [0.1, 0.15) is 0 Å². The third kappa shape index (κ3) is 5.49. The van der Waals surface area contributed by atoms with Crippen molar-refractivity contribution in [2.24, 2.45) is 5.92 Å². The Morgan fingerprint density at radius 3 is 2.52 bits per heavy atom. The second kappa shape index (κ2) is 9.73. The molecule has 7 nitrogen and oxygen atoms in total. The molecule has 1 N–H and O–H groups in total. The van der Waals surface area contributed by atoms with Crippen molar-refractivity contribution in [2.45, 2.75) is 40.8 Å². The second-order valence-electron chi connectivity index (χ2n) is 8.66. The number of nitrogens with zero attached hydrogens (tertiary/aromatic N) is 5. The van der Waals surface area contributed by atoms with Crippen molar-refractivity contribution in [3.05, 3.63) is 83.4 Å². The van der Waals surface area contributed by atoms with Gasteiger partial charge < -0.3 is 5.32 Å². The van der Waals surface area contributed by atoms with Crippen molar-refractivity contribution in [1.29, 1.82) is 0 Å². The van der Waals surface area contributed by atoms with E-state index in [4.69, 9.17) is 0 Å². The van der Waals surface area contributed by atoms with Gasteiger partial charge in [-0.3, -0.25) is 14.5 Å². The molecule has 0 fully saturated rings. The van der Waals surface area contributed by atoms with Gasteiger partial charge in [-0.1, -0.05) is 19.9 Å². The molecule has 0 aliphatic carbocycles. The van der Waals surface area contributed by atoms with Gasteiger partial charge in [0.25, 0.3) is 5.91 Å². The maximum absolute atomic E-state index is 13.1. The van der Waals surface area contributed by atoms with Gasteiger partial charge >= 0.3 is 0 Å². The SMILES string of the molecule is Cc1ccc(-c2cc(C(=O)NCc3ccc(C)nn3)cc(-c3ccnn3CC(C)C)c2)nc1. The van der Waals surface area contributed by atoms with Gasteiger partial charge in [-0.2, -0.15) is 15.3 Å². The molecule has 4 rings (SSSR count). The summed E-state index contributed by atoms with van der Waals surface area (Å²) in [5.41, 5.74) is 6.78. The lowest BCUT2D eigenvalue weighted by Gasteiger charge is -2.13. The number of carbonyl (C=O) groups excluding carboxylic acids is 1. The van der Waals surface area contributed by atoms with Gasteiger partial charge in [0.2, 0.25) is 0 Å². The number of carbonyl (C=O) groups is 1. The Kier molecular flexibility index (Phi) is 6.58. The van der Waals surface area contributed by atoms with Crippen molar-refractivity contribution in [3.8, 4) is 22.5 Å². The number of hydrogen-bond donors (Lipinski definition) is 1. The van der Waals surface area contributed by atoms with E-state index in [0.717, 1.165) is 40.3 Å². The quantitative estimate of drug-likeness (QED) is 0.454. The van der Waals surface area contributed by atoms with Crippen LogP contribution in [0.5, 0.6) is 0 Å². The smallest absolute Gasteiger partial charge is 0.251 e. The molecule has 1 amide bonds. The molecule has 0 radical (unpaired) electrons. The fraction of sp³-hybridized carbons (Fsp3) is 0.269. The lowest BCUT2D eigenvalue weighted by atomic mass is 10.00. The van der Waals surface area contributed by atoms with Crippen molar-refractivity contribution in [2.75, 3.05) is 0 Å². The average molecular weight is 441 g/mol. The fourth-order valence-corrected chi connectivity index (χ4v) is 3.56. The summed E-state index contributed by atoms with van der Waals surface area (Å²) in [5.74, 6) is 0.270. The number of rotatable bonds is 7. The minimum absolute atomic E-state index is 0.178. The molecule has 4 aromatic rings. The molecular formula is C26H28N6O. The lowest BCUT2D eigenvalue weighted by Crippen LogP contribution is -2.23. The van der Waals surface area contributed by atoms with Gasteiger partial charge in [-0.15, -0.1) is 0 Å². The standard InChI is InChI=1S/C26H28N6O/c1-17(2)16-32-25(9-10-29-32)21-11-20(24-8-5-18(3)14-27-24)12-22(13-21)26(33)28-15-23-7-6-19(4)30-31-23/h5-14,17H,15-16H2,1-4H3,(H,28,33). The van der Waals surface area contributed by atoms with Crippen LogP contribution in [0, 0.1) is 19.8 Å². The highest BCUT2D eigenvalue weighted by Crippen LogP contribution is 2.28. The average Bonchev–Trinajstić information content (AvgIpc) is 3.26. The number of amides is 1. The zero-order valence-electron chi connectivity index (χ0n) is 19.4. The van der Waals surface area contributed by atoms with Gasteiger partial charge in [0.15, 0.2) is 0 Å². The van der Waals surface area contributed by atoms with Crippen LogP contribution in [0.4, 0.5) is 0 Å². The first-order chi connectivity index (χ1) is 15.9. The molecule has 168 valence electrons. The Balaban J connectivity index is 1.69. The molecule has 0 unspecified atom stereocenters. The molecule has 1 aromatic carbocycles. The first-order valence-electron chi connectivity index (χ1n) is 11.1. The topological polar surface area (TPSA) is 85.6 Å². The van der Waals surface area contributed by atoms with E-state index in [9.17, 15) is 4.79 Å². The molecule has 33 heavy (non-hydrogen) atoms. The first-order valence-corrected chi connectivity index (χ1v) is 11.1. The third-order valence-electron chi connectivity index (χ3n) is 5.24. The van der Waals surface area contributed by atoms with E-state index in [0.29, 0.717) is 23.7 Å². The summed E-state index contributed by atoms with van der Waals surface area (Å²) in [7, 11) is 0. The number of nitrogens with one attached hydrogen (secondary N) is 1. The molecule has 3 heterocycles. The number of hydrogen-bond acceptors (Lipinski definition) is 5. The highest BCUT2D eigenvalue weighted by atomic mass is 16.1. The minimum atomic E-state index is -0.178. The van der Waals surface area contributed by atoms with Crippen LogP contribution in [0.2, 0.25) is 0 Å². The van der Waals surface area contributed by atoms with E-state index in [1.54, 1.807) is 6.20 Å². The van der Waals surface area contributed by atoms with Gasteiger partial charge in [-0.25, -0.2) is 0 Å². The zero-order chi connectivity index (χ0) is 23.4. The van der Waals surface area contributed by atoms with Crippen LogP contribution in [0.1, 0.15) is 41.2 Å². The molecule has 0 saturated heterocycles. The minimum Gasteiger partial charge on any atom is -0.346 e. The summed E-state index contributed by atoms with van der Waals surface area (Å²) in [4.78, 5) is 17.7. The fourth-order valence-electron chi connectivity index (χ4n) is 3.56. The zero-order valence-corrected chi connectivity index (χ0v) is 19.4. The van der Waals surface area contributed by atoms with Crippen LogP contribution in [0.3, 0.4) is 0 Å². The van der Waals surface area contributed by atoms with Crippen molar-refractivity contribution >= 4 is 5.91 Å². The Bertz CT molecular complexity index is 1240. The van der Waals surface area contributed by atoms with Gasteiger partial charge in [0.05, 0.1) is 29.3 Å². The monoisotopic (exact) mass is 440 g/mol. The summed E-state index contributed by atoms with van der Waals surface area (Å²) in [6.07, 6.45) is 3.63. The number of pyridine rings is 1. The van der Waals surface area contributed by atoms with E-state index < -0.39 is 0 Å². The van der Waals surface area contributed by atoms with Gasteiger partial charge in [-0.05, 0) is 67.8 Å². The number of aromatic nitrogens is 5. The molecule has 0 spiro atoms. The summed E-state index contributed by atoms with van der Waals surface area (Å²) in [6.45, 7) is 9.30. The summed E-state index contributed by atoms with van der Waals surface area (Å²) in [6, 6.07) is 15.6. The molecule has 0 aliphatic heterocycles. The van der Waals surface area contributed by atoms with Crippen molar-refractivity contribution in [3.63, 3.8) is 0 Å². The molecule has 0 bridgehead atoms. The number of aryl methyl sites for hydroxylation is 2. The predicted octanol–water partition coefficient (Wildman–Crippen LogP) is 4.60. The summed E-state index contributed by atoms with van der Waals surface area (Å²) in [5, 5.41) is 15.6. The largest absolute Gasteiger partial charge is 0.346 e. The highest BCUT2D eigenvalue weighted by molar-refractivity contribution is 5.97. The lowest BCUT2D eigenvalue weighted by molar-refractivity contribution is 0.0950. The Morgan fingerprint density at radius 1 is 1.00 bits per heavy atom. The van der Waals surface area contributed by atoms with Crippen LogP contribution in [-0.2, 0) is 13.1 Å². The molecule has 0 aliphatic rings. The second-order valence-corrected chi connectivity index (χ2v) is 8.66. The highest BCUT2D eigenvalue weighted by Gasteiger charge is 2.15. The molecular weight excluding hydrogens is 412 g/mol. The van der Waals surface area contributed by atoms with E-state index >= 15 is 0 Å². The van der Waals surface area contributed by atoms with Crippen molar-refractivity contribution < 1.29 is 4.79 Å². The Labute approximate surface area is 193 Å². The Hall–Kier alpha value is -3.87. The molecule has 7 heteroatoms. The predicted molar refractivity (Wildman–Crippen MR) is 128 cm³/mol. The van der Waals surface area contributed by atoms with E-state index in [-0.39, 0.29) is 5.91 Å². The molecule has 0 saturated carbocycles. The third-order valence-corrected chi connectivity index (χ3v) is 5.24. The summed E-state index contributed by atoms with van der Waals surface area (Å²) < 4.78 is 1.98. The van der Waals surface area contributed by atoms with E-state index in [1.165, 1.54) is 0 Å². The van der Waals surface area contributed by atoms with Crippen LogP contribution >= 0.6 is 0 Å². The maximum Gasteiger partial charge on any atom is 0.251 e.